The number of allylic oxidation sites excluding steroid dienone is 1. The molecule has 1 aliphatic heterocycles. The van der Waals surface area contributed by atoms with Crippen LogP contribution < -0.4 is 0 Å². The van der Waals surface area contributed by atoms with E-state index in [9.17, 15) is 5.11 Å². The third-order valence-corrected chi connectivity index (χ3v) is 4.45. The van der Waals surface area contributed by atoms with E-state index in [0.29, 0.717) is 11.7 Å². The molecule has 0 unspecified atom stereocenters. The fraction of sp³-hybridized carbons (Fsp3) is 0.579. The number of nitrogens with zero attached hydrogens (tertiary/aromatic N) is 1. The van der Waals surface area contributed by atoms with Crippen LogP contribution in [0.25, 0.3) is 0 Å². The average Bonchev–Trinajstić information content (AvgIpc) is 2.80. The van der Waals surface area contributed by atoms with Gasteiger partial charge in [-0.25, -0.2) is 0 Å². The monoisotopic (exact) mass is 287 g/mol. The maximum atomic E-state index is 9.84. The summed E-state index contributed by atoms with van der Waals surface area (Å²) in [6, 6.07) is 7.90. The van der Waals surface area contributed by atoms with Gasteiger partial charge in [-0.3, -0.25) is 4.90 Å². The molecular formula is C19H29NO. The topological polar surface area (TPSA) is 23.5 Å². The van der Waals surface area contributed by atoms with E-state index in [2.05, 4.69) is 44.7 Å². The van der Waals surface area contributed by atoms with Gasteiger partial charge in [0.05, 0.1) is 0 Å². The van der Waals surface area contributed by atoms with Crippen LogP contribution in [0.2, 0.25) is 0 Å². The Hall–Kier alpha value is -1.28. The maximum absolute atomic E-state index is 9.84. The van der Waals surface area contributed by atoms with Gasteiger partial charge in [-0.2, -0.15) is 0 Å². The standard InChI is InChI=1S/C19H29NO/c1-15(2)8-10-20-11-9-19(14-20,13-16(3)4)17-6-5-7-18(21)12-17/h5-8,12,16,21H,9-11,13-14H2,1-4H3/t19-/m0/s1. The highest BCUT2D eigenvalue weighted by Gasteiger charge is 2.39. The lowest BCUT2D eigenvalue weighted by atomic mass is 9.73. The second-order valence-corrected chi connectivity index (χ2v) is 7.20. The van der Waals surface area contributed by atoms with Crippen molar-refractivity contribution < 1.29 is 5.11 Å². The molecule has 0 saturated carbocycles. The minimum Gasteiger partial charge on any atom is -0.508 e. The van der Waals surface area contributed by atoms with Crippen molar-refractivity contribution in [1.29, 1.82) is 0 Å². The van der Waals surface area contributed by atoms with E-state index in [4.69, 9.17) is 0 Å². The van der Waals surface area contributed by atoms with E-state index in [1.165, 1.54) is 24.0 Å². The Morgan fingerprint density at radius 1 is 1.38 bits per heavy atom. The molecule has 0 aromatic heterocycles. The van der Waals surface area contributed by atoms with Crippen molar-refractivity contribution in [1.82, 2.24) is 4.90 Å². The molecule has 1 aliphatic rings. The third-order valence-electron chi connectivity index (χ3n) is 4.45. The summed E-state index contributed by atoms with van der Waals surface area (Å²) < 4.78 is 0. The van der Waals surface area contributed by atoms with E-state index in [1.54, 1.807) is 6.07 Å². The number of hydrogen-bond donors (Lipinski definition) is 1. The first kappa shape index (κ1) is 16.1. The van der Waals surface area contributed by atoms with Crippen LogP contribution in [-0.4, -0.2) is 29.6 Å². The zero-order valence-electron chi connectivity index (χ0n) is 13.9. The van der Waals surface area contributed by atoms with Crippen molar-refractivity contribution in [2.45, 2.75) is 46.0 Å². The van der Waals surface area contributed by atoms with Gasteiger partial charge in [0.15, 0.2) is 0 Å². The molecule has 1 aromatic carbocycles. The number of hydrogen-bond acceptors (Lipinski definition) is 2. The Morgan fingerprint density at radius 3 is 2.76 bits per heavy atom. The Balaban J connectivity index is 2.22. The van der Waals surface area contributed by atoms with Gasteiger partial charge in [0, 0.05) is 18.5 Å². The summed E-state index contributed by atoms with van der Waals surface area (Å²) in [4.78, 5) is 2.54. The summed E-state index contributed by atoms with van der Waals surface area (Å²) in [5, 5.41) is 9.84. The molecule has 1 atom stereocenters. The van der Waals surface area contributed by atoms with Crippen LogP contribution in [0.3, 0.4) is 0 Å². The molecular weight excluding hydrogens is 258 g/mol. The number of rotatable bonds is 5. The Morgan fingerprint density at radius 2 is 2.14 bits per heavy atom. The summed E-state index contributed by atoms with van der Waals surface area (Å²) >= 11 is 0. The van der Waals surface area contributed by atoms with Crippen LogP contribution in [0.1, 0.15) is 46.1 Å². The van der Waals surface area contributed by atoms with Crippen LogP contribution >= 0.6 is 0 Å². The molecule has 0 amide bonds. The second kappa shape index (κ2) is 6.65. The first-order valence-corrected chi connectivity index (χ1v) is 8.06. The molecule has 1 fully saturated rings. The van der Waals surface area contributed by atoms with E-state index in [-0.39, 0.29) is 5.41 Å². The molecule has 116 valence electrons. The highest BCUT2D eigenvalue weighted by Crippen LogP contribution is 2.40. The lowest BCUT2D eigenvalue weighted by Gasteiger charge is -2.32. The molecule has 1 aromatic rings. The van der Waals surface area contributed by atoms with Crippen LogP contribution in [0, 0.1) is 5.92 Å². The van der Waals surface area contributed by atoms with Gasteiger partial charge in [0.25, 0.3) is 0 Å². The number of phenolic OH excluding ortho intramolecular Hbond substituents is 1. The highest BCUT2D eigenvalue weighted by molar-refractivity contribution is 5.34. The van der Waals surface area contributed by atoms with E-state index >= 15 is 0 Å². The van der Waals surface area contributed by atoms with Gasteiger partial charge >= 0.3 is 0 Å². The van der Waals surface area contributed by atoms with Gasteiger partial charge in [-0.15, -0.1) is 0 Å². The quantitative estimate of drug-likeness (QED) is 0.814. The number of likely N-dealkylation sites (tertiary alicyclic amines) is 1. The first-order valence-electron chi connectivity index (χ1n) is 8.06. The normalized spacial score (nSPS) is 22.7. The van der Waals surface area contributed by atoms with E-state index in [1.807, 2.05) is 12.1 Å². The molecule has 0 aliphatic carbocycles. The fourth-order valence-electron chi connectivity index (χ4n) is 3.56. The summed E-state index contributed by atoms with van der Waals surface area (Å²) in [5.74, 6) is 1.05. The SMILES string of the molecule is CC(C)=CCN1CC[C@@](CC(C)C)(c2cccc(O)c2)C1. The molecule has 21 heavy (non-hydrogen) atoms. The van der Waals surface area contributed by atoms with Crippen molar-refractivity contribution in [2.75, 3.05) is 19.6 Å². The lowest BCUT2D eigenvalue weighted by molar-refractivity contribution is 0.304. The van der Waals surface area contributed by atoms with E-state index in [0.717, 1.165) is 19.6 Å². The Labute approximate surface area is 129 Å². The third kappa shape index (κ3) is 4.10. The molecule has 1 saturated heterocycles. The number of benzene rings is 1. The van der Waals surface area contributed by atoms with Gasteiger partial charge in [-0.1, -0.05) is 37.6 Å². The average molecular weight is 287 g/mol. The molecule has 2 heteroatoms. The highest BCUT2D eigenvalue weighted by atomic mass is 16.3. The van der Waals surface area contributed by atoms with Crippen LogP contribution in [0.15, 0.2) is 35.9 Å². The number of phenols is 1. The van der Waals surface area contributed by atoms with E-state index < -0.39 is 0 Å². The zero-order valence-corrected chi connectivity index (χ0v) is 13.9. The van der Waals surface area contributed by atoms with Gasteiger partial charge in [-0.05, 0) is 56.8 Å². The predicted octanol–water partition coefficient (Wildman–Crippen LogP) is 4.35. The minimum atomic E-state index is 0.197. The summed E-state index contributed by atoms with van der Waals surface area (Å²) in [6.45, 7) is 12.2. The largest absolute Gasteiger partial charge is 0.508 e. The molecule has 0 spiro atoms. The summed E-state index contributed by atoms with van der Waals surface area (Å²) in [5.41, 5.74) is 2.88. The molecule has 1 N–H and O–H groups in total. The van der Waals surface area contributed by atoms with Crippen LogP contribution in [0.5, 0.6) is 5.75 Å². The Kier molecular flexibility index (Phi) is 5.10. The second-order valence-electron chi connectivity index (χ2n) is 7.20. The molecule has 0 radical (unpaired) electrons. The maximum Gasteiger partial charge on any atom is 0.115 e. The zero-order chi connectivity index (χ0) is 15.5. The first-order chi connectivity index (χ1) is 9.91. The van der Waals surface area contributed by atoms with Crippen molar-refractivity contribution in [3.8, 4) is 5.75 Å². The summed E-state index contributed by atoms with van der Waals surface area (Å²) in [7, 11) is 0. The van der Waals surface area contributed by atoms with Gasteiger partial charge < -0.3 is 5.11 Å². The van der Waals surface area contributed by atoms with Crippen molar-refractivity contribution in [3.63, 3.8) is 0 Å². The minimum absolute atomic E-state index is 0.197. The van der Waals surface area contributed by atoms with Crippen LogP contribution in [0.4, 0.5) is 0 Å². The lowest BCUT2D eigenvalue weighted by Crippen LogP contribution is -2.32. The van der Waals surface area contributed by atoms with Crippen molar-refractivity contribution >= 4 is 0 Å². The van der Waals surface area contributed by atoms with Gasteiger partial charge in [0.1, 0.15) is 5.75 Å². The fourth-order valence-corrected chi connectivity index (χ4v) is 3.56. The molecule has 1 heterocycles. The number of aromatic hydroxyl groups is 1. The van der Waals surface area contributed by atoms with Crippen molar-refractivity contribution in [3.05, 3.63) is 41.5 Å². The van der Waals surface area contributed by atoms with Crippen molar-refractivity contribution in [2.24, 2.45) is 5.92 Å². The molecule has 2 nitrogen and oxygen atoms in total. The van der Waals surface area contributed by atoms with Crippen LogP contribution in [-0.2, 0) is 5.41 Å². The van der Waals surface area contributed by atoms with Gasteiger partial charge in [0.2, 0.25) is 0 Å². The smallest absolute Gasteiger partial charge is 0.115 e. The summed E-state index contributed by atoms with van der Waals surface area (Å²) in [6.07, 6.45) is 4.68. The molecule has 2 rings (SSSR count). The predicted molar refractivity (Wildman–Crippen MR) is 89.7 cm³/mol. The molecule has 0 bridgehead atoms. The Bertz CT molecular complexity index is 502.